The van der Waals surface area contributed by atoms with Gasteiger partial charge in [0.2, 0.25) is 17.6 Å². The summed E-state index contributed by atoms with van der Waals surface area (Å²) >= 11 is 1.60. The molecule has 0 N–H and O–H groups in total. The van der Waals surface area contributed by atoms with Crippen LogP contribution in [0.15, 0.2) is 34.2 Å². The molecule has 3 aromatic rings. The molecule has 3 heterocycles. The van der Waals surface area contributed by atoms with Crippen molar-refractivity contribution in [3.8, 4) is 11.4 Å². The smallest absolute Gasteiger partial charge is 0.231 e. The summed E-state index contributed by atoms with van der Waals surface area (Å²) < 4.78 is 18.9. The summed E-state index contributed by atoms with van der Waals surface area (Å²) in [6, 6.07) is 6.12. The highest BCUT2D eigenvalue weighted by Crippen LogP contribution is 2.28. The highest BCUT2D eigenvalue weighted by Gasteiger charge is 2.29. The van der Waals surface area contributed by atoms with Gasteiger partial charge in [-0.3, -0.25) is 4.79 Å². The van der Waals surface area contributed by atoms with E-state index in [2.05, 4.69) is 29.0 Å². The number of hydrogen-bond donors (Lipinski definition) is 0. The Balaban J connectivity index is 1.42. The number of halogens is 1. The lowest BCUT2D eigenvalue weighted by atomic mass is 9.97. The summed E-state index contributed by atoms with van der Waals surface area (Å²) in [4.78, 5) is 23.6. The quantitative estimate of drug-likeness (QED) is 0.619. The molecule has 0 spiro atoms. The Morgan fingerprint density at radius 2 is 2.24 bits per heavy atom. The van der Waals surface area contributed by atoms with E-state index in [1.54, 1.807) is 23.5 Å². The van der Waals surface area contributed by atoms with E-state index in [1.807, 2.05) is 10.3 Å². The van der Waals surface area contributed by atoms with Crippen LogP contribution >= 0.6 is 11.3 Å². The maximum absolute atomic E-state index is 13.4. The molecule has 1 aromatic carbocycles. The molecular weight excluding hydrogens is 391 g/mol. The standard InChI is InChI=1S/C21H23FN4O2S/c1-13(2)21-23-17(12-29-21)10-18(27)26-8-4-6-15(11-26)20-24-19(25-28-20)14-5-3-7-16(22)9-14/h3,5,7,9,12-13,15H,4,6,8,10-11H2,1-2H3. The van der Waals surface area contributed by atoms with Gasteiger partial charge in [0.25, 0.3) is 0 Å². The third-order valence-corrected chi connectivity index (χ3v) is 6.24. The van der Waals surface area contributed by atoms with Gasteiger partial charge in [-0.2, -0.15) is 4.98 Å². The number of hydrogen-bond acceptors (Lipinski definition) is 6. The van der Waals surface area contributed by atoms with Gasteiger partial charge in [0, 0.05) is 30.0 Å². The van der Waals surface area contributed by atoms with E-state index >= 15 is 0 Å². The second kappa shape index (κ2) is 8.41. The molecule has 29 heavy (non-hydrogen) atoms. The molecule has 0 aliphatic carbocycles. The molecule has 0 radical (unpaired) electrons. The van der Waals surface area contributed by atoms with Crippen LogP contribution in [0.25, 0.3) is 11.4 Å². The molecule has 6 nitrogen and oxygen atoms in total. The summed E-state index contributed by atoms with van der Waals surface area (Å²) in [6.45, 7) is 5.47. The minimum absolute atomic E-state index is 0.0100. The predicted octanol–water partition coefficient (Wildman–Crippen LogP) is 4.40. The van der Waals surface area contributed by atoms with Gasteiger partial charge in [0.1, 0.15) is 5.82 Å². The molecule has 1 fully saturated rings. The molecule has 1 amide bonds. The first kappa shape index (κ1) is 19.7. The molecule has 8 heteroatoms. The minimum atomic E-state index is -0.342. The molecule has 1 atom stereocenters. The van der Waals surface area contributed by atoms with Gasteiger partial charge in [0.05, 0.1) is 23.0 Å². The summed E-state index contributed by atoms with van der Waals surface area (Å²) in [6.07, 6.45) is 2.07. The highest BCUT2D eigenvalue weighted by molar-refractivity contribution is 7.09. The van der Waals surface area contributed by atoms with Crippen LogP contribution in [0.1, 0.15) is 55.1 Å². The molecule has 152 valence electrons. The van der Waals surface area contributed by atoms with Gasteiger partial charge in [-0.15, -0.1) is 11.3 Å². The van der Waals surface area contributed by atoms with Crippen LogP contribution in [0.4, 0.5) is 4.39 Å². The van der Waals surface area contributed by atoms with E-state index in [4.69, 9.17) is 4.52 Å². The van der Waals surface area contributed by atoms with E-state index in [1.165, 1.54) is 12.1 Å². The van der Waals surface area contributed by atoms with Crippen LogP contribution in [0.3, 0.4) is 0 Å². The van der Waals surface area contributed by atoms with Crippen molar-refractivity contribution in [3.05, 3.63) is 52.1 Å². The number of amides is 1. The van der Waals surface area contributed by atoms with E-state index in [0.717, 1.165) is 30.1 Å². The third kappa shape index (κ3) is 4.53. The maximum Gasteiger partial charge on any atom is 0.231 e. The van der Waals surface area contributed by atoms with Gasteiger partial charge in [-0.25, -0.2) is 9.37 Å². The minimum Gasteiger partial charge on any atom is -0.342 e. The van der Waals surface area contributed by atoms with Crippen molar-refractivity contribution in [1.29, 1.82) is 0 Å². The van der Waals surface area contributed by atoms with Gasteiger partial charge in [-0.1, -0.05) is 31.1 Å². The van der Waals surface area contributed by atoms with E-state index in [9.17, 15) is 9.18 Å². The summed E-state index contributed by atoms with van der Waals surface area (Å²) in [5, 5.41) is 7.02. The number of piperidine rings is 1. The van der Waals surface area contributed by atoms with Crippen LogP contribution in [-0.2, 0) is 11.2 Å². The van der Waals surface area contributed by atoms with Gasteiger partial charge < -0.3 is 9.42 Å². The lowest BCUT2D eigenvalue weighted by Crippen LogP contribution is -2.40. The molecule has 1 saturated heterocycles. The third-order valence-electron chi connectivity index (χ3n) is 5.04. The number of thiazole rings is 1. The zero-order valence-corrected chi connectivity index (χ0v) is 17.3. The fourth-order valence-electron chi connectivity index (χ4n) is 3.49. The van der Waals surface area contributed by atoms with Crippen molar-refractivity contribution in [3.63, 3.8) is 0 Å². The number of nitrogens with zero attached hydrogens (tertiary/aromatic N) is 4. The van der Waals surface area contributed by atoms with Gasteiger partial charge in [0.15, 0.2) is 0 Å². The van der Waals surface area contributed by atoms with Crippen LogP contribution in [-0.4, -0.2) is 39.0 Å². The van der Waals surface area contributed by atoms with Crippen LogP contribution in [0, 0.1) is 5.82 Å². The van der Waals surface area contributed by atoms with Crippen molar-refractivity contribution in [2.45, 2.75) is 44.9 Å². The molecular formula is C21H23FN4O2S. The van der Waals surface area contributed by atoms with Crippen molar-refractivity contribution < 1.29 is 13.7 Å². The molecule has 0 bridgehead atoms. The van der Waals surface area contributed by atoms with E-state index in [0.29, 0.717) is 36.2 Å². The van der Waals surface area contributed by atoms with Gasteiger partial charge in [-0.05, 0) is 25.0 Å². The molecule has 1 aliphatic rings. The lowest BCUT2D eigenvalue weighted by Gasteiger charge is -2.31. The molecule has 1 aliphatic heterocycles. The fourth-order valence-corrected chi connectivity index (χ4v) is 4.32. The van der Waals surface area contributed by atoms with Crippen molar-refractivity contribution in [2.75, 3.05) is 13.1 Å². The number of aromatic nitrogens is 3. The Hall–Kier alpha value is -2.61. The van der Waals surface area contributed by atoms with Gasteiger partial charge >= 0.3 is 0 Å². The second-order valence-electron chi connectivity index (χ2n) is 7.65. The number of rotatable bonds is 5. The zero-order chi connectivity index (χ0) is 20.4. The lowest BCUT2D eigenvalue weighted by molar-refractivity contribution is -0.131. The number of benzene rings is 1. The Bertz CT molecular complexity index is 1000. The van der Waals surface area contributed by atoms with Crippen molar-refractivity contribution in [1.82, 2.24) is 20.0 Å². The Morgan fingerprint density at radius 3 is 3.00 bits per heavy atom. The number of carbonyl (C=O) groups excluding carboxylic acids is 1. The molecule has 4 rings (SSSR count). The molecule has 0 saturated carbocycles. The average Bonchev–Trinajstić information content (AvgIpc) is 3.38. The predicted molar refractivity (Wildman–Crippen MR) is 108 cm³/mol. The van der Waals surface area contributed by atoms with E-state index < -0.39 is 0 Å². The molecule has 1 unspecified atom stereocenters. The summed E-state index contributed by atoms with van der Waals surface area (Å²) in [7, 11) is 0. The average molecular weight is 415 g/mol. The number of likely N-dealkylation sites (tertiary alicyclic amines) is 1. The highest BCUT2D eigenvalue weighted by atomic mass is 32.1. The SMILES string of the molecule is CC(C)c1nc(CC(=O)N2CCCC(c3nc(-c4cccc(F)c4)no3)C2)cs1. The second-order valence-corrected chi connectivity index (χ2v) is 8.54. The maximum atomic E-state index is 13.4. The summed E-state index contributed by atoms with van der Waals surface area (Å²) in [5.74, 6) is 0.951. The zero-order valence-electron chi connectivity index (χ0n) is 16.5. The molecule has 2 aromatic heterocycles. The Labute approximate surface area is 172 Å². The first-order chi connectivity index (χ1) is 14.0. The largest absolute Gasteiger partial charge is 0.342 e. The van der Waals surface area contributed by atoms with Crippen LogP contribution in [0.2, 0.25) is 0 Å². The van der Waals surface area contributed by atoms with E-state index in [-0.39, 0.29) is 17.6 Å². The first-order valence-corrected chi connectivity index (χ1v) is 10.7. The van der Waals surface area contributed by atoms with Crippen molar-refractivity contribution >= 4 is 17.2 Å². The first-order valence-electron chi connectivity index (χ1n) is 9.81. The normalized spacial score (nSPS) is 17.1. The van der Waals surface area contributed by atoms with Crippen LogP contribution in [0.5, 0.6) is 0 Å². The summed E-state index contributed by atoms with van der Waals surface area (Å²) in [5.41, 5.74) is 1.41. The van der Waals surface area contributed by atoms with Crippen LogP contribution < -0.4 is 0 Å². The fraction of sp³-hybridized carbons (Fsp3) is 0.429. The monoisotopic (exact) mass is 414 g/mol. The number of carbonyl (C=O) groups is 1. The topological polar surface area (TPSA) is 72.1 Å². The Kier molecular flexibility index (Phi) is 5.71. The Morgan fingerprint density at radius 1 is 1.38 bits per heavy atom. The van der Waals surface area contributed by atoms with Crippen molar-refractivity contribution in [2.24, 2.45) is 0 Å².